The molecule has 3 aliphatic rings. The lowest BCUT2D eigenvalue weighted by Gasteiger charge is -2.44. The molecule has 0 saturated heterocycles. The number of carbonyl (C=O) groups is 2. The minimum Gasteiger partial charge on any atom is -0.490 e. The summed E-state index contributed by atoms with van der Waals surface area (Å²) >= 11 is 3.47. The lowest BCUT2D eigenvalue weighted by molar-refractivity contribution is -0.117. The summed E-state index contributed by atoms with van der Waals surface area (Å²) in [4.78, 5) is 29.3. The summed E-state index contributed by atoms with van der Waals surface area (Å²) in [7, 11) is 1.71. The molecule has 6 nitrogen and oxygen atoms in total. The maximum absolute atomic E-state index is 13.5. The van der Waals surface area contributed by atoms with Gasteiger partial charge < -0.3 is 19.1 Å². The number of ketones is 2. The molecule has 206 valence electrons. The van der Waals surface area contributed by atoms with Crippen molar-refractivity contribution >= 4 is 27.5 Å². The van der Waals surface area contributed by atoms with Gasteiger partial charge in [-0.1, -0.05) is 34.1 Å². The Morgan fingerprint density at radius 1 is 0.872 bits per heavy atom. The molecule has 0 amide bonds. The van der Waals surface area contributed by atoms with Gasteiger partial charge in [-0.3, -0.25) is 9.59 Å². The molecular weight excluding hydrogens is 558 g/mol. The summed E-state index contributed by atoms with van der Waals surface area (Å²) in [6.45, 7) is 4.24. The fourth-order valence-electron chi connectivity index (χ4n) is 6.02. The van der Waals surface area contributed by atoms with Gasteiger partial charge in [-0.05, 0) is 74.4 Å². The molecule has 39 heavy (non-hydrogen) atoms. The minimum atomic E-state index is -0.367. The Balaban J connectivity index is 1.54. The van der Waals surface area contributed by atoms with Crippen LogP contribution in [0, 0.1) is 0 Å². The number of rotatable bonds is 10. The van der Waals surface area contributed by atoms with Crippen molar-refractivity contribution < 1.29 is 23.8 Å². The Kier molecular flexibility index (Phi) is 8.88. The molecule has 1 heterocycles. The van der Waals surface area contributed by atoms with E-state index in [4.69, 9.17) is 14.2 Å². The number of Topliss-reactive ketones (excluding diaryl/α,β-unsaturated/α-hetero) is 2. The van der Waals surface area contributed by atoms with E-state index in [-0.39, 0.29) is 17.5 Å². The van der Waals surface area contributed by atoms with Gasteiger partial charge in [0.05, 0.1) is 6.61 Å². The lowest BCUT2D eigenvalue weighted by atomic mass is 9.71. The molecule has 0 radical (unpaired) electrons. The second-order valence-corrected chi connectivity index (χ2v) is 11.2. The van der Waals surface area contributed by atoms with Gasteiger partial charge in [-0.2, -0.15) is 0 Å². The summed E-state index contributed by atoms with van der Waals surface area (Å²) in [5.74, 6) is 1.21. The van der Waals surface area contributed by atoms with Crippen LogP contribution in [0.25, 0.3) is 0 Å². The molecule has 0 spiro atoms. The summed E-state index contributed by atoms with van der Waals surface area (Å²) in [5.41, 5.74) is 5.73. The maximum Gasteiger partial charge on any atom is 0.161 e. The van der Waals surface area contributed by atoms with E-state index in [2.05, 4.69) is 20.8 Å². The van der Waals surface area contributed by atoms with Crippen molar-refractivity contribution in [2.75, 3.05) is 26.9 Å². The lowest BCUT2D eigenvalue weighted by Crippen LogP contribution is -2.39. The molecule has 0 bridgehead atoms. The summed E-state index contributed by atoms with van der Waals surface area (Å²) < 4.78 is 18.5. The van der Waals surface area contributed by atoms with Crippen molar-refractivity contribution in [2.24, 2.45) is 0 Å². The number of nitrogens with zero attached hydrogens (tertiary/aromatic N) is 1. The average Bonchev–Trinajstić information content (AvgIpc) is 2.94. The average molecular weight is 595 g/mol. The van der Waals surface area contributed by atoms with E-state index in [1.807, 2.05) is 49.4 Å². The van der Waals surface area contributed by atoms with E-state index >= 15 is 0 Å². The van der Waals surface area contributed by atoms with Crippen LogP contribution in [0.1, 0.15) is 68.9 Å². The van der Waals surface area contributed by atoms with Gasteiger partial charge in [0.2, 0.25) is 0 Å². The molecule has 5 rings (SSSR count). The van der Waals surface area contributed by atoms with E-state index in [1.54, 1.807) is 7.11 Å². The van der Waals surface area contributed by atoms with Gasteiger partial charge in [-0.25, -0.2) is 0 Å². The first-order valence-corrected chi connectivity index (χ1v) is 14.7. The number of allylic oxidation sites excluding steroid dienone is 4. The summed E-state index contributed by atoms with van der Waals surface area (Å²) in [6.07, 6.45) is 5.26. The normalized spacial score (nSPS) is 17.9. The zero-order valence-corrected chi connectivity index (χ0v) is 24.3. The molecular formula is C32H36BrNO5. The van der Waals surface area contributed by atoms with Crippen LogP contribution in [0.4, 0.5) is 0 Å². The van der Waals surface area contributed by atoms with Gasteiger partial charge in [-0.15, -0.1) is 0 Å². The second kappa shape index (κ2) is 12.5. The molecule has 0 unspecified atom stereocenters. The first-order valence-electron chi connectivity index (χ1n) is 13.9. The van der Waals surface area contributed by atoms with Crippen LogP contribution in [-0.2, 0) is 20.9 Å². The fourth-order valence-corrected chi connectivity index (χ4v) is 6.28. The van der Waals surface area contributed by atoms with Crippen molar-refractivity contribution in [3.63, 3.8) is 0 Å². The third-order valence-corrected chi connectivity index (χ3v) is 8.25. The molecule has 2 aliphatic carbocycles. The molecule has 0 N–H and O–H groups in total. The first kappa shape index (κ1) is 27.7. The van der Waals surface area contributed by atoms with E-state index in [0.29, 0.717) is 44.2 Å². The summed E-state index contributed by atoms with van der Waals surface area (Å²) in [5, 5.41) is 0. The molecule has 2 aromatic rings. The number of benzene rings is 2. The predicted octanol–water partition coefficient (Wildman–Crippen LogP) is 6.88. The molecule has 2 aromatic carbocycles. The third kappa shape index (κ3) is 5.85. The monoisotopic (exact) mass is 593 g/mol. The van der Waals surface area contributed by atoms with E-state index in [1.165, 1.54) is 0 Å². The highest BCUT2D eigenvalue weighted by Crippen LogP contribution is 2.50. The number of hydrogen-bond acceptors (Lipinski definition) is 6. The number of halogens is 1. The Morgan fingerprint density at radius 3 is 2.15 bits per heavy atom. The van der Waals surface area contributed by atoms with Crippen molar-refractivity contribution in [3.8, 4) is 11.5 Å². The predicted molar refractivity (Wildman–Crippen MR) is 154 cm³/mol. The van der Waals surface area contributed by atoms with Crippen LogP contribution in [0.3, 0.4) is 0 Å². The van der Waals surface area contributed by atoms with Crippen molar-refractivity contribution in [1.82, 2.24) is 4.90 Å². The SMILES string of the molecule is CCOc1cc(C2C3=C(CCCC3=O)N(CCCOC)C3=C2C(=O)CCC3)ccc1OCc1ccc(Br)cc1. The summed E-state index contributed by atoms with van der Waals surface area (Å²) in [6, 6.07) is 13.9. The van der Waals surface area contributed by atoms with E-state index in [9.17, 15) is 9.59 Å². The highest BCUT2D eigenvalue weighted by Gasteiger charge is 2.43. The number of methoxy groups -OCH3 is 1. The van der Waals surface area contributed by atoms with Crippen LogP contribution in [0.2, 0.25) is 0 Å². The van der Waals surface area contributed by atoms with Crippen LogP contribution in [0.15, 0.2) is 69.5 Å². The molecule has 0 atom stereocenters. The molecule has 0 aromatic heterocycles. The van der Waals surface area contributed by atoms with Crippen LogP contribution < -0.4 is 9.47 Å². The zero-order chi connectivity index (χ0) is 27.4. The van der Waals surface area contributed by atoms with Gasteiger partial charge in [0.25, 0.3) is 0 Å². The van der Waals surface area contributed by atoms with Crippen LogP contribution in [-0.4, -0.2) is 43.3 Å². The Bertz CT molecular complexity index is 1250. The van der Waals surface area contributed by atoms with Gasteiger partial charge in [0, 0.05) is 66.0 Å². The molecule has 1 aliphatic heterocycles. The van der Waals surface area contributed by atoms with Crippen LogP contribution in [0.5, 0.6) is 11.5 Å². The van der Waals surface area contributed by atoms with Crippen molar-refractivity contribution in [2.45, 2.75) is 64.4 Å². The zero-order valence-electron chi connectivity index (χ0n) is 22.8. The number of ether oxygens (including phenoxy) is 3. The highest BCUT2D eigenvalue weighted by atomic mass is 79.9. The molecule has 0 saturated carbocycles. The number of hydrogen-bond donors (Lipinski definition) is 0. The molecule has 7 heteroatoms. The maximum atomic E-state index is 13.5. The van der Waals surface area contributed by atoms with Crippen LogP contribution >= 0.6 is 15.9 Å². The van der Waals surface area contributed by atoms with Crippen molar-refractivity contribution in [1.29, 1.82) is 0 Å². The topological polar surface area (TPSA) is 65.1 Å². The largest absolute Gasteiger partial charge is 0.490 e. The second-order valence-electron chi connectivity index (χ2n) is 10.3. The van der Waals surface area contributed by atoms with E-state index < -0.39 is 0 Å². The number of carbonyl (C=O) groups excluding carboxylic acids is 2. The minimum absolute atomic E-state index is 0.149. The first-order chi connectivity index (χ1) is 19.0. The van der Waals surface area contributed by atoms with Gasteiger partial charge in [0.15, 0.2) is 23.1 Å². The quantitative estimate of drug-likeness (QED) is 0.280. The van der Waals surface area contributed by atoms with E-state index in [0.717, 1.165) is 76.8 Å². The smallest absolute Gasteiger partial charge is 0.161 e. The highest BCUT2D eigenvalue weighted by molar-refractivity contribution is 9.10. The van der Waals surface area contributed by atoms with Crippen molar-refractivity contribution in [3.05, 3.63) is 80.6 Å². The third-order valence-electron chi connectivity index (χ3n) is 7.73. The Labute approximate surface area is 239 Å². The standard InChI is InChI=1S/C32H36BrNO5/c1-3-38-29-19-22(13-16-28(29)39-20-21-11-14-23(33)15-12-21)30-31-24(7-4-9-26(31)35)34(17-6-18-37-2)25-8-5-10-27(36)32(25)30/h11-16,19,30H,3-10,17-18,20H2,1-2H3. The Morgan fingerprint density at radius 2 is 1.54 bits per heavy atom. The molecule has 0 fully saturated rings. The van der Waals surface area contributed by atoms with Gasteiger partial charge in [0.1, 0.15) is 6.61 Å². The fraction of sp³-hybridized carbons (Fsp3) is 0.438. The van der Waals surface area contributed by atoms with Gasteiger partial charge >= 0.3 is 0 Å². The Hall–Kier alpha value is -2.90.